The van der Waals surface area contributed by atoms with E-state index in [1.54, 1.807) is 4.90 Å². The van der Waals surface area contributed by atoms with Crippen LogP contribution in [-0.4, -0.2) is 52.1 Å². The first-order valence-electron chi connectivity index (χ1n) is 7.89. The zero-order valence-corrected chi connectivity index (χ0v) is 13.9. The number of hydrogen-bond donors (Lipinski definition) is 3. The van der Waals surface area contributed by atoms with Crippen molar-refractivity contribution in [2.45, 2.75) is 38.1 Å². The molecular formula is C14H26N4O3S. The number of likely N-dealkylation sites (tertiary alicyclic amines) is 1. The van der Waals surface area contributed by atoms with Crippen molar-refractivity contribution in [2.24, 2.45) is 5.92 Å². The zero-order chi connectivity index (χ0) is 16.0. The van der Waals surface area contributed by atoms with Crippen LogP contribution in [0.15, 0.2) is 12.2 Å². The van der Waals surface area contributed by atoms with Gasteiger partial charge in [-0.2, -0.15) is 13.1 Å². The molecule has 3 N–H and O–H groups in total. The highest BCUT2D eigenvalue weighted by Gasteiger charge is 2.25. The monoisotopic (exact) mass is 330 g/mol. The van der Waals surface area contributed by atoms with E-state index in [-0.39, 0.29) is 12.1 Å². The number of urea groups is 1. The summed E-state index contributed by atoms with van der Waals surface area (Å²) in [5.74, 6) is 0.536. The minimum Gasteiger partial charge on any atom is -0.338 e. The third-order valence-corrected chi connectivity index (χ3v) is 5.47. The number of hydrogen-bond acceptors (Lipinski definition) is 3. The van der Waals surface area contributed by atoms with Gasteiger partial charge in [-0.15, -0.1) is 0 Å². The molecule has 2 rings (SSSR count). The molecule has 1 unspecified atom stereocenters. The normalized spacial score (nSPS) is 23.5. The molecule has 0 bridgehead atoms. The van der Waals surface area contributed by atoms with E-state index in [0.717, 1.165) is 25.8 Å². The number of amides is 2. The molecule has 2 aliphatic rings. The van der Waals surface area contributed by atoms with E-state index in [2.05, 4.69) is 26.9 Å². The number of nitrogens with zero attached hydrogens (tertiary/aromatic N) is 1. The molecule has 2 amide bonds. The Balaban J connectivity index is 1.69. The van der Waals surface area contributed by atoms with Crippen molar-refractivity contribution >= 4 is 16.2 Å². The molecule has 1 aliphatic heterocycles. The Labute approximate surface area is 132 Å². The molecule has 1 aliphatic carbocycles. The Hall–Kier alpha value is -1.12. The molecule has 7 nitrogen and oxygen atoms in total. The van der Waals surface area contributed by atoms with Crippen molar-refractivity contribution in [3.05, 3.63) is 12.2 Å². The van der Waals surface area contributed by atoms with Crippen LogP contribution in [0.1, 0.15) is 32.1 Å². The molecular weight excluding hydrogens is 304 g/mol. The molecule has 22 heavy (non-hydrogen) atoms. The van der Waals surface area contributed by atoms with Gasteiger partial charge >= 0.3 is 6.03 Å². The summed E-state index contributed by atoms with van der Waals surface area (Å²) in [4.78, 5) is 13.9. The number of allylic oxidation sites excluding steroid dienone is 2. The van der Waals surface area contributed by atoms with Gasteiger partial charge in [0.15, 0.2) is 0 Å². The van der Waals surface area contributed by atoms with Gasteiger partial charge in [-0.1, -0.05) is 12.2 Å². The lowest BCUT2D eigenvalue weighted by molar-refractivity contribution is 0.178. The summed E-state index contributed by atoms with van der Waals surface area (Å²) < 4.78 is 27.7. The highest BCUT2D eigenvalue weighted by atomic mass is 32.2. The maximum Gasteiger partial charge on any atom is 0.317 e. The summed E-state index contributed by atoms with van der Waals surface area (Å²) in [6.07, 6.45) is 8.91. The Morgan fingerprint density at radius 1 is 1.23 bits per heavy atom. The third-order valence-electron chi connectivity index (χ3n) is 4.29. The van der Waals surface area contributed by atoms with Crippen molar-refractivity contribution in [1.29, 1.82) is 0 Å². The second-order valence-electron chi connectivity index (χ2n) is 5.92. The third kappa shape index (κ3) is 5.26. The Morgan fingerprint density at radius 2 is 1.95 bits per heavy atom. The van der Waals surface area contributed by atoms with Crippen LogP contribution in [0.4, 0.5) is 4.79 Å². The summed E-state index contributed by atoms with van der Waals surface area (Å²) >= 11 is 0. The maximum atomic E-state index is 12.1. The molecule has 1 saturated heterocycles. The van der Waals surface area contributed by atoms with Crippen LogP contribution in [0, 0.1) is 5.92 Å². The predicted octanol–water partition coefficient (Wildman–Crippen LogP) is 0.571. The van der Waals surface area contributed by atoms with E-state index in [1.807, 2.05) is 0 Å². The van der Waals surface area contributed by atoms with E-state index in [0.29, 0.717) is 31.8 Å². The number of piperidine rings is 1. The fourth-order valence-corrected chi connectivity index (χ4v) is 3.66. The molecule has 1 atom stereocenters. The van der Waals surface area contributed by atoms with E-state index in [9.17, 15) is 13.2 Å². The highest BCUT2D eigenvalue weighted by Crippen LogP contribution is 2.17. The van der Waals surface area contributed by atoms with Crippen molar-refractivity contribution in [3.8, 4) is 0 Å². The SMILES string of the molecule is CNS(=O)(=O)NC1CCN(C(=O)NCC2CC=CCC2)CC1. The van der Waals surface area contributed by atoms with Crippen LogP contribution in [0.25, 0.3) is 0 Å². The Bertz CT molecular complexity index is 498. The first kappa shape index (κ1) is 17.2. The van der Waals surface area contributed by atoms with Crippen molar-refractivity contribution in [3.63, 3.8) is 0 Å². The largest absolute Gasteiger partial charge is 0.338 e. The summed E-state index contributed by atoms with van der Waals surface area (Å²) in [6, 6.07) is -0.144. The van der Waals surface area contributed by atoms with Crippen molar-refractivity contribution in [2.75, 3.05) is 26.7 Å². The number of nitrogens with one attached hydrogen (secondary N) is 3. The minimum atomic E-state index is -3.41. The van der Waals surface area contributed by atoms with Gasteiger partial charge in [0.25, 0.3) is 10.2 Å². The van der Waals surface area contributed by atoms with Crippen LogP contribution >= 0.6 is 0 Å². The zero-order valence-electron chi connectivity index (χ0n) is 13.0. The van der Waals surface area contributed by atoms with Crippen LogP contribution in [0.2, 0.25) is 0 Å². The average Bonchev–Trinajstić information content (AvgIpc) is 2.54. The average molecular weight is 330 g/mol. The fourth-order valence-electron chi connectivity index (χ4n) is 2.86. The fraction of sp³-hybridized carbons (Fsp3) is 0.786. The molecule has 0 saturated carbocycles. The maximum absolute atomic E-state index is 12.1. The molecule has 0 aromatic carbocycles. The second kappa shape index (κ2) is 7.94. The van der Waals surface area contributed by atoms with Gasteiger partial charge in [-0.05, 0) is 38.0 Å². The van der Waals surface area contributed by atoms with E-state index >= 15 is 0 Å². The van der Waals surface area contributed by atoms with Gasteiger partial charge in [-0.3, -0.25) is 0 Å². The van der Waals surface area contributed by atoms with Gasteiger partial charge in [0.05, 0.1) is 0 Å². The van der Waals surface area contributed by atoms with Gasteiger partial charge in [0, 0.05) is 32.7 Å². The Morgan fingerprint density at radius 3 is 2.55 bits per heavy atom. The van der Waals surface area contributed by atoms with E-state index in [4.69, 9.17) is 0 Å². The number of carbonyl (C=O) groups excluding carboxylic acids is 1. The van der Waals surface area contributed by atoms with Crippen LogP contribution in [0.5, 0.6) is 0 Å². The summed E-state index contributed by atoms with van der Waals surface area (Å²) in [5.41, 5.74) is 0. The first-order chi connectivity index (χ1) is 10.5. The molecule has 8 heteroatoms. The quantitative estimate of drug-likeness (QED) is 0.644. The van der Waals surface area contributed by atoms with Gasteiger partial charge in [-0.25, -0.2) is 9.52 Å². The molecule has 0 aromatic rings. The summed E-state index contributed by atoms with van der Waals surface area (Å²) in [7, 11) is -2.03. The first-order valence-corrected chi connectivity index (χ1v) is 9.37. The topological polar surface area (TPSA) is 90.5 Å². The lowest BCUT2D eigenvalue weighted by atomic mass is 9.94. The highest BCUT2D eigenvalue weighted by molar-refractivity contribution is 7.87. The smallest absolute Gasteiger partial charge is 0.317 e. The molecule has 1 heterocycles. The van der Waals surface area contributed by atoms with Crippen LogP contribution < -0.4 is 14.8 Å². The molecule has 0 radical (unpaired) electrons. The minimum absolute atomic E-state index is 0.0375. The lowest BCUT2D eigenvalue weighted by Crippen LogP contribution is -2.51. The van der Waals surface area contributed by atoms with Crippen LogP contribution in [-0.2, 0) is 10.2 Å². The number of rotatable bonds is 5. The van der Waals surface area contributed by atoms with Gasteiger partial charge in [0.2, 0.25) is 0 Å². The van der Waals surface area contributed by atoms with Gasteiger partial charge < -0.3 is 10.2 Å². The lowest BCUT2D eigenvalue weighted by Gasteiger charge is -2.32. The molecule has 126 valence electrons. The van der Waals surface area contributed by atoms with Crippen molar-refractivity contribution in [1.82, 2.24) is 19.7 Å². The van der Waals surface area contributed by atoms with E-state index < -0.39 is 10.2 Å². The molecule has 0 spiro atoms. The molecule has 1 fully saturated rings. The van der Waals surface area contributed by atoms with Gasteiger partial charge in [0.1, 0.15) is 0 Å². The standard InChI is InChI=1S/C14H26N4O3S/c1-15-22(20,21)17-13-7-9-18(10-8-13)14(19)16-11-12-5-3-2-4-6-12/h2-3,12-13,15,17H,4-11H2,1H3,(H,16,19). The summed E-state index contributed by atoms with van der Waals surface area (Å²) in [6.45, 7) is 1.87. The van der Waals surface area contributed by atoms with E-state index in [1.165, 1.54) is 7.05 Å². The van der Waals surface area contributed by atoms with Crippen molar-refractivity contribution < 1.29 is 13.2 Å². The second-order valence-corrected chi connectivity index (χ2v) is 7.57. The number of carbonyl (C=O) groups is 1. The van der Waals surface area contributed by atoms with Crippen LogP contribution in [0.3, 0.4) is 0 Å². The predicted molar refractivity (Wildman–Crippen MR) is 85.6 cm³/mol. The Kier molecular flexibility index (Phi) is 6.22. The molecule has 0 aromatic heterocycles. The summed E-state index contributed by atoms with van der Waals surface area (Å²) in [5, 5.41) is 3.00.